The van der Waals surface area contributed by atoms with E-state index in [-0.39, 0.29) is 5.78 Å². The highest BCUT2D eigenvalue weighted by molar-refractivity contribution is 5.97. The van der Waals surface area contributed by atoms with Gasteiger partial charge in [-0.05, 0) is 37.1 Å². The first-order valence-corrected chi connectivity index (χ1v) is 11.2. The molecule has 0 fully saturated rings. The first kappa shape index (κ1) is 21.8. The summed E-state index contributed by atoms with van der Waals surface area (Å²) >= 11 is 0. The van der Waals surface area contributed by atoms with Gasteiger partial charge in [0.25, 0.3) is 0 Å². The Morgan fingerprint density at radius 2 is 1.91 bits per heavy atom. The molecule has 3 aromatic heterocycles. The number of pyridine rings is 1. The molecule has 0 saturated heterocycles. The summed E-state index contributed by atoms with van der Waals surface area (Å²) in [4.78, 5) is 22.2. The molecule has 4 aromatic rings. The minimum Gasteiger partial charge on any atom is -0.314 e. The number of benzene rings is 1. The summed E-state index contributed by atoms with van der Waals surface area (Å²) in [5.41, 5.74) is 4.82. The number of nitrogens with one attached hydrogen (secondary N) is 1. The Morgan fingerprint density at radius 1 is 1.09 bits per heavy atom. The lowest BCUT2D eigenvalue weighted by Gasteiger charge is -2.21. The van der Waals surface area contributed by atoms with Crippen LogP contribution >= 0.6 is 0 Å². The maximum Gasteiger partial charge on any atom is 0.164 e. The number of aromatic nitrogens is 4. The summed E-state index contributed by atoms with van der Waals surface area (Å²) in [6.45, 7) is 7.37. The van der Waals surface area contributed by atoms with Gasteiger partial charge < -0.3 is 5.32 Å². The summed E-state index contributed by atoms with van der Waals surface area (Å²) in [5.74, 6) is 0.617. The molecule has 6 heteroatoms. The molecule has 0 amide bonds. The molecule has 164 valence electrons. The fourth-order valence-electron chi connectivity index (χ4n) is 3.93. The average molecular weight is 428 g/mol. The molecule has 32 heavy (non-hydrogen) atoms. The zero-order valence-electron chi connectivity index (χ0n) is 18.8. The third-order valence-corrected chi connectivity index (χ3v) is 5.75. The van der Waals surface area contributed by atoms with Crippen LogP contribution in [-0.2, 0) is 0 Å². The molecule has 0 spiro atoms. The van der Waals surface area contributed by atoms with Gasteiger partial charge in [0.2, 0.25) is 0 Å². The van der Waals surface area contributed by atoms with Gasteiger partial charge in [-0.1, -0.05) is 51.1 Å². The lowest BCUT2D eigenvalue weighted by atomic mass is 9.96. The molecular formula is C26H29N5O. The third-order valence-electron chi connectivity index (χ3n) is 5.75. The van der Waals surface area contributed by atoms with Crippen LogP contribution in [0.15, 0.2) is 67.1 Å². The van der Waals surface area contributed by atoms with E-state index in [1.807, 2.05) is 48.7 Å². The van der Waals surface area contributed by atoms with Crippen molar-refractivity contribution >= 4 is 11.4 Å². The third kappa shape index (κ3) is 4.75. The molecule has 1 N–H and O–H groups in total. The Kier molecular flexibility index (Phi) is 6.71. The van der Waals surface area contributed by atoms with Gasteiger partial charge in [0.1, 0.15) is 0 Å². The number of fused-ring (bicyclic) bond motifs is 1. The van der Waals surface area contributed by atoms with Crippen molar-refractivity contribution in [2.24, 2.45) is 5.92 Å². The van der Waals surface area contributed by atoms with Crippen LogP contribution in [0.4, 0.5) is 0 Å². The highest BCUT2D eigenvalue weighted by Crippen LogP contribution is 2.25. The second-order valence-electron chi connectivity index (χ2n) is 8.31. The van der Waals surface area contributed by atoms with Crippen LogP contribution in [0.1, 0.15) is 44.0 Å². The highest BCUT2D eigenvalue weighted by Gasteiger charge is 2.17. The quantitative estimate of drug-likeness (QED) is 0.378. The second-order valence-corrected chi connectivity index (χ2v) is 8.31. The number of ketones is 1. The van der Waals surface area contributed by atoms with Crippen LogP contribution in [-0.4, -0.2) is 38.0 Å². The van der Waals surface area contributed by atoms with Crippen LogP contribution in [0.3, 0.4) is 0 Å². The SMILES string of the molecule is CCNC(CCC(=O)c1ccnc(-c2cnn3ccc(-c4ccccc4)nc23)c1)C(C)C. The topological polar surface area (TPSA) is 72.2 Å². The summed E-state index contributed by atoms with van der Waals surface area (Å²) in [5, 5.41) is 7.90. The van der Waals surface area contributed by atoms with Crippen molar-refractivity contribution < 1.29 is 4.79 Å². The fraction of sp³-hybridized carbons (Fsp3) is 0.308. The predicted molar refractivity (Wildman–Crippen MR) is 128 cm³/mol. The van der Waals surface area contributed by atoms with E-state index < -0.39 is 0 Å². The van der Waals surface area contributed by atoms with Crippen LogP contribution in [0, 0.1) is 5.92 Å². The average Bonchev–Trinajstić information content (AvgIpc) is 3.25. The van der Waals surface area contributed by atoms with Gasteiger partial charge in [0.15, 0.2) is 11.4 Å². The van der Waals surface area contributed by atoms with E-state index in [4.69, 9.17) is 4.98 Å². The second kappa shape index (κ2) is 9.83. The molecular weight excluding hydrogens is 398 g/mol. The zero-order valence-corrected chi connectivity index (χ0v) is 18.8. The smallest absolute Gasteiger partial charge is 0.164 e. The number of hydrogen-bond donors (Lipinski definition) is 1. The van der Waals surface area contributed by atoms with E-state index in [1.54, 1.807) is 23.0 Å². The molecule has 1 atom stereocenters. The minimum absolute atomic E-state index is 0.131. The number of carbonyl (C=O) groups excluding carboxylic acids is 1. The van der Waals surface area contributed by atoms with E-state index in [9.17, 15) is 4.79 Å². The molecule has 0 radical (unpaired) electrons. The molecule has 0 aliphatic rings. The van der Waals surface area contributed by atoms with Gasteiger partial charge in [-0.2, -0.15) is 5.10 Å². The predicted octanol–water partition coefficient (Wildman–Crippen LogP) is 5.06. The van der Waals surface area contributed by atoms with Gasteiger partial charge in [-0.25, -0.2) is 9.50 Å². The lowest BCUT2D eigenvalue weighted by molar-refractivity contribution is 0.0973. The fourth-order valence-corrected chi connectivity index (χ4v) is 3.93. The number of nitrogens with zero attached hydrogens (tertiary/aromatic N) is 4. The Morgan fingerprint density at radius 3 is 2.66 bits per heavy atom. The Hall–Kier alpha value is -3.38. The maximum atomic E-state index is 12.9. The van der Waals surface area contributed by atoms with Gasteiger partial charge >= 0.3 is 0 Å². The van der Waals surface area contributed by atoms with Crippen molar-refractivity contribution in [2.75, 3.05) is 6.54 Å². The molecule has 6 nitrogen and oxygen atoms in total. The standard InChI is InChI=1S/C26H29N5O/c1-4-27-22(18(2)3)10-11-25(32)20-12-14-28-24(16-20)21-17-29-31-15-13-23(30-26(21)31)19-8-6-5-7-9-19/h5-9,12-18,22,27H,4,10-11H2,1-3H3. The minimum atomic E-state index is 0.131. The van der Waals surface area contributed by atoms with Gasteiger partial charge in [-0.15, -0.1) is 0 Å². The molecule has 4 rings (SSSR count). The van der Waals surface area contributed by atoms with E-state index >= 15 is 0 Å². The zero-order chi connectivity index (χ0) is 22.5. The van der Waals surface area contributed by atoms with E-state index in [2.05, 4.69) is 36.2 Å². The van der Waals surface area contributed by atoms with Gasteiger partial charge in [-0.3, -0.25) is 9.78 Å². The van der Waals surface area contributed by atoms with Crippen molar-refractivity contribution in [2.45, 2.75) is 39.7 Å². The summed E-state index contributed by atoms with van der Waals surface area (Å²) in [7, 11) is 0. The number of hydrogen-bond acceptors (Lipinski definition) is 5. The van der Waals surface area contributed by atoms with Crippen molar-refractivity contribution in [3.63, 3.8) is 0 Å². The van der Waals surface area contributed by atoms with E-state index in [0.717, 1.165) is 35.4 Å². The molecule has 1 aromatic carbocycles. The number of carbonyl (C=O) groups is 1. The molecule has 1 unspecified atom stereocenters. The molecule has 0 aliphatic carbocycles. The normalized spacial score (nSPS) is 12.4. The molecule has 0 aliphatic heterocycles. The van der Waals surface area contributed by atoms with Crippen molar-refractivity contribution in [3.05, 3.63) is 72.7 Å². The monoisotopic (exact) mass is 427 g/mol. The Balaban J connectivity index is 1.60. The van der Waals surface area contributed by atoms with Crippen LogP contribution < -0.4 is 5.32 Å². The van der Waals surface area contributed by atoms with Gasteiger partial charge in [0.05, 0.1) is 23.1 Å². The van der Waals surface area contributed by atoms with E-state index in [0.29, 0.717) is 29.6 Å². The van der Waals surface area contributed by atoms with E-state index in [1.165, 1.54) is 0 Å². The van der Waals surface area contributed by atoms with Crippen LogP contribution in [0.2, 0.25) is 0 Å². The summed E-state index contributed by atoms with van der Waals surface area (Å²) < 4.78 is 1.74. The molecule has 3 heterocycles. The largest absolute Gasteiger partial charge is 0.314 e. The molecule has 0 saturated carbocycles. The Bertz CT molecular complexity index is 1200. The molecule has 0 bridgehead atoms. The summed E-state index contributed by atoms with van der Waals surface area (Å²) in [6, 6.07) is 16.0. The Labute approximate surface area is 188 Å². The first-order chi connectivity index (χ1) is 15.6. The summed E-state index contributed by atoms with van der Waals surface area (Å²) in [6.07, 6.45) is 6.67. The van der Waals surface area contributed by atoms with Gasteiger partial charge in [0, 0.05) is 36.0 Å². The van der Waals surface area contributed by atoms with Crippen molar-refractivity contribution in [1.29, 1.82) is 0 Å². The van der Waals surface area contributed by atoms with Crippen LogP contribution in [0.25, 0.3) is 28.2 Å². The van der Waals surface area contributed by atoms with Crippen LogP contribution in [0.5, 0.6) is 0 Å². The first-order valence-electron chi connectivity index (χ1n) is 11.2. The number of Topliss-reactive ketones (excluding diaryl/α,β-unsaturated/α-hetero) is 1. The number of rotatable bonds is 9. The maximum absolute atomic E-state index is 12.9. The van der Waals surface area contributed by atoms with Crippen molar-refractivity contribution in [1.82, 2.24) is 24.9 Å². The lowest BCUT2D eigenvalue weighted by Crippen LogP contribution is -2.34. The van der Waals surface area contributed by atoms with Crippen molar-refractivity contribution in [3.8, 4) is 22.5 Å². The highest BCUT2D eigenvalue weighted by atomic mass is 16.1.